The van der Waals surface area contributed by atoms with Crippen LogP contribution in [-0.2, 0) is 10.2 Å². The fourth-order valence-electron chi connectivity index (χ4n) is 2.39. The maximum Gasteiger partial charge on any atom is 0.249 e. The van der Waals surface area contributed by atoms with Crippen LogP contribution in [-0.4, -0.2) is 12.5 Å². The zero-order chi connectivity index (χ0) is 19.2. The Bertz CT molecular complexity index is 838. The number of hydrogen-bond donors (Lipinski definition) is 1. The number of nitriles is 1. The molecule has 26 heavy (non-hydrogen) atoms. The summed E-state index contributed by atoms with van der Waals surface area (Å²) >= 11 is 1.38. The summed E-state index contributed by atoms with van der Waals surface area (Å²) in [5.41, 5.74) is 2.19. The lowest BCUT2D eigenvalue weighted by Gasteiger charge is -2.17. The van der Waals surface area contributed by atoms with Gasteiger partial charge in [-0.25, -0.2) is 0 Å². The Kier molecular flexibility index (Phi) is 6.59. The first-order valence-corrected chi connectivity index (χ1v) is 9.47. The Morgan fingerprint density at radius 1 is 1.35 bits per heavy atom. The van der Waals surface area contributed by atoms with E-state index in [1.807, 2.05) is 36.6 Å². The van der Waals surface area contributed by atoms with E-state index in [1.54, 1.807) is 6.08 Å². The number of carbonyl (C=O) groups excluding carboxylic acids is 1. The summed E-state index contributed by atoms with van der Waals surface area (Å²) in [4.78, 5) is 12.3. The fraction of sp³-hybridized carbons (Fsp3) is 0.333. The topological polar surface area (TPSA) is 62.1 Å². The maximum atomic E-state index is 12.3. The normalized spacial score (nSPS) is 11.3. The lowest BCUT2D eigenvalue weighted by Crippen LogP contribution is -2.13. The van der Waals surface area contributed by atoms with E-state index in [1.165, 1.54) is 17.4 Å². The zero-order valence-corrected chi connectivity index (χ0v) is 16.4. The molecule has 1 aromatic carbocycles. The van der Waals surface area contributed by atoms with Crippen molar-refractivity contribution in [3.8, 4) is 11.8 Å². The minimum atomic E-state index is -0.269. The lowest BCUT2D eigenvalue weighted by atomic mass is 9.86. The molecule has 0 saturated heterocycles. The molecule has 5 heteroatoms. The predicted molar refractivity (Wildman–Crippen MR) is 108 cm³/mol. The number of ether oxygens (including phenoxy) is 1. The molecule has 2 aromatic rings. The summed E-state index contributed by atoms with van der Waals surface area (Å²) in [5.74, 6) is 0.483. The Hall–Kier alpha value is -2.58. The van der Waals surface area contributed by atoms with Gasteiger partial charge in [-0.05, 0) is 34.9 Å². The number of nitrogens with one attached hydrogen (secondary N) is 1. The second kappa shape index (κ2) is 8.68. The fourth-order valence-corrected chi connectivity index (χ4v) is 3.53. The molecule has 0 fully saturated rings. The van der Waals surface area contributed by atoms with Crippen LogP contribution >= 0.6 is 11.3 Å². The van der Waals surface area contributed by atoms with E-state index in [4.69, 9.17) is 4.74 Å². The standard InChI is InChI=1S/C21H24N2O2S/c1-5-12-25-18-9-7-6-8-15(18)10-11-19(24)23-20-16(13-22)17(14-26-20)21(2,3)4/h6-11,14H,5,12H2,1-4H3,(H,23,24)/b11-10+. The van der Waals surface area contributed by atoms with Gasteiger partial charge in [-0.2, -0.15) is 5.26 Å². The SMILES string of the molecule is CCCOc1ccccc1/C=C/C(=O)Nc1scc(C(C)(C)C)c1C#N. The molecule has 2 rings (SSSR count). The third kappa shape index (κ3) is 4.96. The van der Waals surface area contributed by atoms with E-state index in [0.29, 0.717) is 17.2 Å². The van der Waals surface area contributed by atoms with Gasteiger partial charge >= 0.3 is 0 Å². The molecule has 1 N–H and O–H groups in total. The van der Waals surface area contributed by atoms with Crippen LogP contribution in [0.2, 0.25) is 0 Å². The third-order valence-corrected chi connectivity index (χ3v) is 4.64. The number of thiophene rings is 1. The van der Waals surface area contributed by atoms with Crippen LogP contribution in [0.3, 0.4) is 0 Å². The Morgan fingerprint density at radius 2 is 2.08 bits per heavy atom. The van der Waals surface area contributed by atoms with Gasteiger partial charge < -0.3 is 10.1 Å². The first-order chi connectivity index (χ1) is 12.4. The highest BCUT2D eigenvalue weighted by Crippen LogP contribution is 2.35. The first-order valence-electron chi connectivity index (χ1n) is 8.59. The molecule has 136 valence electrons. The summed E-state index contributed by atoms with van der Waals surface area (Å²) in [6.07, 6.45) is 4.11. The summed E-state index contributed by atoms with van der Waals surface area (Å²) in [6.45, 7) is 8.83. The van der Waals surface area contributed by atoms with Crippen molar-refractivity contribution in [3.63, 3.8) is 0 Å². The van der Waals surface area contributed by atoms with E-state index in [-0.39, 0.29) is 11.3 Å². The Morgan fingerprint density at radius 3 is 2.73 bits per heavy atom. The molecule has 1 heterocycles. The van der Waals surface area contributed by atoms with Crippen LogP contribution in [0.5, 0.6) is 5.75 Å². The molecule has 0 bridgehead atoms. The van der Waals surface area contributed by atoms with Gasteiger partial charge in [-0.15, -0.1) is 11.3 Å². The largest absolute Gasteiger partial charge is 0.493 e. The number of rotatable bonds is 6. The summed E-state index contributed by atoms with van der Waals surface area (Å²) in [6, 6.07) is 9.81. The number of nitrogens with zero attached hydrogens (tertiary/aromatic N) is 1. The molecule has 0 saturated carbocycles. The van der Waals surface area contributed by atoms with Crippen molar-refractivity contribution >= 4 is 28.3 Å². The predicted octanol–water partition coefficient (Wildman–Crippen LogP) is 5.36. The van der Waals surface area contributed by atoms with E-state index in [9.17, 15) is 10.1 Å². The summed E-state index contributed by atoms with van der Waals surface area (Å²) < 4.78 is 5.69. The van der Waals surface area contributed by atoms with Crippen molar-refractivity contribution in [1.82, 2.24) is 0 Å². The van der Waals surface area contributed by atoms with Gasteiger partial charge in [0.1, 0.15) is 16.8 Å². The third-order valence-electron chi connectivity index (χ3n) is 3.74. The summed E-state index contributed by atoms with van der Waals surface area (Å²) in [5, 5.41) is 14.8. The number of para-hydroxylation sites is 1. The van der Waals surface area contributed by atoms with E-state index >= 15 is 0 Å². The highest BCUT2D eigenvalue weighted by Gasteiger charge is 2.22. The number of anilines is 1. The van der Waals surface area contributed by atoms with Gasteiger partial charge in [0.2, 0.25) is 5.91 Å². The molecular formula is C21H24N2O2S. The molecule has 0 unspecified atom stereocenters. The van der Waals surface area contributed by atoms with Crippen LogP contribution in [0.15, 0.2) is 35.7 Å². The molecule has 0 aliphatic heterocycles. The first kappa shape index (κ1) is 19.7. The molecular weight excluding hydrogens is 344 g/mol. The highest BCUT2D eigenvalue weighted by atomic mass is 32.1. The molecule has 0 aliphatic rings. The van der Waals surface area contributed by atoms with Crippen LogP contribution in [0.25, 0.3) is 6.08 Å². The molecule has 0 atom stereocenters. The minimum Gasteiger partial charge on any atom is -0.493 e. The Balaban J connectivity index is 2.14. The van der Waals surface area contributed by atoms with Crippen molar-refractivity contribution < 1.29 is 9.53 Å². The average molecular weight is 369 g/mol. The van der Waals surface area contributed by atoms with Gasteiger partial charge in [-0.1, -0.05) is 45.9 Å². The molecule has 4 nitrogen and oxygen atoms in total. The van der Waals surface area contributed by atoms with Crippen molar-refractivity contribution in [2.75, 3.05) is 11.9 Å². The molecule has 0 aliphatic carbocycles. The van der Waals surface area contributed by atoms with Gasteiger partial charge in [0, 0.05) is 11.6 Å². The van der Waals surface area contributed by atoms with Crippen LogP contribution in [0.4, 0.5) is 5.00 Å². The number of amides is 1. The highest BCUT2D eigenvalue weighted by molar-refractivity contribution is 7.14. The molecule has 1 amide bonds. The van der Waals surface area contributed by atoms with Crippen molar-refractivity contribution in [1.29, 1.82) is 5.26 Å². The quantitative estimate of drug-likeness (QED) is 0.698. The molecule has 1 aromatic heterocycles. The summed E-state index contributed by atoms with van der Waals surface area (Å²) in [7, 11) is 0. The van der Waals surface area contributed by atoms with Gasteiger partial charge in [0.25, 0.3) is 0 Å². The minimum absolute atomic E-state index is 0.143. The molecule has 0 radical (unpaired) electrons. The smallest absolute Gasteiger partial charge is 0.249 e. The zero-order valence-electron chi connectivity index (χ0n) is 15.6. The van der Waals surface area contributed by atoms with Crippen molar-refractivity contribution in [2.45, 2.75) is 39.5 Å². The van der Waals surface area contributed by atoms with Crippen molar-refractivity contribution in [2.24, 2.45) is 0 Å². The average Bonchev–Trinajstić information content (AvgIpc) is 3.01. The van der Waals surface area contributed by atoms with E-state index in [0.717, 1.165) is 23.3 Å². The number of benzene rings is 1. The van der Waals surface area contributed by atoms with Crippen molar-refractivity contribution in [3.05, 3.63) is 52.4 Å². The van der Waals surface area contributed by atoms with E-state index < -0.39 is 0 Å². The van der Waals surface area contributed by atoms with Gasteiger partial charge in [0.15, 0.2) is 0 Å². The van der Waals surface area contributed by atoms with E-state index in [2.05, 4.69) is 32.2 Å². The van der Waals surface area contributed by atoms with Crippen LogP contribution in [0.1, 0.15) is 50.8 Å². The second-order valence-corrected chi connectivity index (χ2v) is 7.80. The van der Waals surface area contributed by atoms with Crippen LogP contribution in [0, 0.1) is 11.3 Å². The maximum absolute atomic E-state index is 12.3. The molecule has 0 spiro atoms. The lowest BCUT2D eigenvalue weighted by molar-refractivity contribution is -0.111. The number of carbonyl (C=O) groups is 1. The number of hydrogen-bond acceptors (Lipinski definition) is 4. The second-order valence-electron chi connectivity index (χ2n) is 6.92. The van der Waals surface area contributed by atoms with Crippen LogP contribution < -0.4 is 10.1 Å². The Labute approximate surface area is 159 Å². The van der Waals surface area contributed by atoms with Gasteiger partial charge in [0.05, 0.1) is 12.2 Å². The monoisotopic (exact) mass is 368 g/mol. The van der Waals surface area contributed by atoms with Gasteiger partial charge in [-0.3, -0.25) is 4.79 Å².